The first kappa shape index (κ1) is 11.8. The van der Waals surface area contributed by atoms with Crippen LogP contribution >= 0.6 is 11.6 Å². The van der Waals surface area contributed by atoms with Crippen LogP contribution in [0.1, 0.15) is 12.0 Å². The normalized spacial score (nSPS) is 10.5. The lowest BCUT2D eigenvalue weighted by molar-refractivity contribution is -0.139. The third-order valence-corrected chi connectivity index (χ3v) is 2.20. The molecule has 15 heavy (non-hydrogen) atoms. The predicted molar refractivity (Wildman–Crippen MR) is 60.9 cm³/mol. The number of hydrogen-bond acceptors (Lipinski definition) is 2. The van der Waals surface area contributed by atoms with Crippen molar-refractivity contribution >= 4 is 17.6 Å². The van der Waals surface area contributed by atoms with Crippen LogP contribution in [-0.4, -0.2) is 13.1 Å². The molecule has 1 aromatic carbocycles. The molecule has 0 aromatic heterocycles. The molecule has 0 aliphatic heterocycles. The van der Waals surface area contributed by atoms with Gasteiger partial charge in [-0.1, -0.05) is 35.9 Å². The fourth-order valence-electron chi connectivity index (χ4n) is 1.10. The lowest BCUT2D eigenvalue weighted by Gasteiger charge is -1.96. The van der Waals surface area contributed by atoms with Crippen LogP contribution < -0.4 is 0 Å². The number of carbonyl (C=O) groups is 1. The minimum Gasteiger partial charge on any atom is -0.469 e. The summed E-state index contributed by atoms with van der Waals surface area (Å²) < 4.78 is 4.51. The van der Waals surface area contributed by atoms with E-state index in [2.05, 4.69) is 4.74 Å². The zero-order chi connectivity index (χ0) is 11.1. The Labute approximate surface area is 94.5 Å². The summed E-state index contributed by atoms with van der Waals surface area (Å²) in [6.45, 7) is 0. The Morgan fingerprint density at radius 1 is 1.33 bits per heavy atom. The number of hydrogen-bond donors (Lipinski definition) is 0. The molecule has 0 aliphatic rings. The fraction of sp³-hybridized carbons (Fsp3) is 0.250. The second kappa shape index (κ2) is 6.25. The van der Waals surface area contributed by atoms with Crippen LogP contribution in [0.2, 0.25) is 5.02 Å². The van der Waals surface area contributed by atoms with Crippen molar-refractivity contribution in [2.24, 2.45) is 0 Å². The second-order valence-electron chi connectivity index (χ2n) is 3.08. The van der Waals surface area contributed by atoms with E-state index in [0.717, 1.165) is 11.4 Å². The Morgan fingerprint density at radius 2 is 2.00 bits per heavy atom. The average molecular weight is 225 g/mol. The lowest BCUT2D eigenvalue weighted by Crippen LogP contribution is -1.96. The molecule has 80 valence electrons. The molecule has 0 radical (unpaired) electrons. The van der Waals surface area contributed by atoms with Crippen molar-refractivity contribution in [2.45, 2.75) is 12.8 Å². The van der Waals surface area contributed by atoms with Crippen molar-refractivity contribution in [3.8, 4) is 0 Å². The van der Waals surface area contributed by atoms with Gasteiger partial charge in [0.2, 0.25) is 0 Å². The lowest BCUT2D eigenvalue weighted by atomic mass is 10.1. The fourth-order valence-corrected chi connectivity index (χ4v) is 1.23. The first-order valence-corrected chi connectivity index (χ1v) is 5.06. The van der Waals surface area contributed by atoms with Gasteiger partial charge in [-0.15, -0.1) is 0 Å². The van der Waals surface area contributed by atoms with Crippen LogP contribution in [0, 0.1) is 0 Å². The average Bonchev–Trinajstić information content (AvgIpc) is 2.26. The van der Waals surface area contributed by atoms with Gasteiger partial charge < -0.3 is 4.74 Å². The van der Waals surface area contributed by atoms with Crippen molar-refractivity contribution in [1.82, 2.24) is 0 Å². The number of allylic oxidation sites excluding steroid dienone is 1. The zero-order valence-electron chi connectivity index (χ0n) is 8.57. The number of methoxy groups -OCH3 is 1. The maximum Gasteiger partial charge on any atom is 0.309 e. The molecule has 0 saturated heterocycles. The first-order chi connectivity index (χ1) is 7.22. The summed E-state index contributed by atoms with van der Waals surface area (Å²) in [7, 11) is 1.38. The number of esters is 1. The summed E-state index contributed by atoms with van der Waals surface area (Å²) in [5.41, 5.74) is 1.17. The van der Waals surface area contributed by atoms with E-state index >= 15 is 0 Å². The van der Waals surface area contributed by atoms with Gasteiger partial charge in [0.15, 0.2) is 0 Å². The molecule has 0 heterocycles. The van der Waals surface area contributed by atoms with E-state index in [-0.39, 0.29) is 5.97 Å². The van der Waals surface area contributed by atoms with Crippen molar-refractivity contribution in [2.75, 3.05) is 7.11 Å². The van der Waals surface area contributed by atoms with Crippen LogP contribution in [0.3, 0.4) is 0 Å². The SMILES string of the molecule is COC(=O)C/C=C\Cc1ccc(Cl)cc1. The Balaban J connectivity index is 2.37. The van der Waals surface area contributed by atoms with Gasteiger partial charge in [0.25, 0.3) is 0 Å². The van der Waals surface area contributed by atoms with Gasteiger partial charge in [0.1, 0.15) is 0 Å². The summed E-state index contributed by atoms with van der Waals surface area (Å²) in [6, 6.07) is 7.63. The second-order valence-corrected chi connectivity index (χ2v) is 3.52. The van der Waals surface area contributed by atoms with Gasteiger partial charge in [-0.25, -0.2) is 0 Å². The molecule has 1 aromatic rings. The minimum absolute atomic E-state index is 0.220. The molecule has 0 unspecified atom stereocenters. The largest absolute Gasteiger partial charge is 0.469 e. The topological polar surface area (TPSA) is 26.3 Å². The molecule has 0 amide bonds. The highest BCUT2D eigenvalue weighted by atomic mass is 35.5. The van der Waals surface area contributed by atoms with E-state index in [4.69, 9.17) is 11.6 Å². The van der Waals surface area contributed by atoms with Gasteiger partial charge in [0, 0.05) is 5.02 Å². The Morgan fingerprint density at radius 3 is 2.60 bits per heavy atom. The molecule has 3 heteroatoms. The third-order valence-electron chi connectivity index (χ3n) is 1.95. The highest BCUT2D eigenvalue weighted by Crippen LogP contribution is 2.10. The summed E-state index contributed by atoms with van der Waals surface area (Å²) in [6.07, 6.45) is 4.87. The highest BCUT2D eigenvalue weighted by molar-refractivity contribution is 6.30. The molecule has 0 spiro atoms. The van der Waals surface area contributed by atoms with Crippen molar-refractivity contribution in [3.63, 3.8) is 0 Å². The van der Waals surface area contributed by atoms with Gasteiger partial charge >= 0.3 is 5.97 Å². The Kier molecular flexibility index (Phi) is 4.91. The molecule has 0 aliphatic carbocycles. The minimum atomic E-state index is -0.220. The molecular weight excluding hydrogens is 212 g/mol. The monoisotopic (exact) mass is 224 g/mol. The van der Waals surface area contributed by atoms with E-state index < -0.39 is 0 Å². The van der Waals surface area contributed by atoms with Crippen molar-refractivity contribution < 1.29 is 9.53 Å². The van der Waals surface area contributed by atoms with Gasteiger partial charge in [-0.3, -0.25) is 4.79 Å². The Bertz CT molecular complexity index is 341. The van der Waals surface area contributed by atoms with Crippen LogP contribution in [0.5, 0.6) is 0 Å². The summed E-state index contributed by atoms with van der Waals surface area (Å²) in [5.74, 6) is -0.220. The molecule has 0 N–H and O–H groups in total. The van der Waals surface area contributed by atoms with Gasteiger partial charge in [-0.05, 0) is 24.1 Å². The van der Waals surface area contributed by atoms with Gasteiger partial charge in [-0.2, -0.15) is 0 Å². The number of rotatable bonds is 4. The highest BCUT2D eigenvalue weighted by Gasteiger charge is 1.94. The number of ether oxygens (including phenoxy) is 1. The standard InChI is InChI=1S/C12H13ClO2/c1-15-12(14)5-3-2-4-10-6-8-11(13)9-7-10/h2-3,6-9H,4-5H2,1H3/b3-2-. The van der Waals surface area contributed by atoms with E-state index in [9.17, 15) is 4.79 Å². The summed E-state index contributed by atoms with van der Waals surface area (Å²) >= 11 is 5.75. The molecule has 0 atom stereocenters. The Hall–Kier alpha value is -1.28. The van der Waals surface area contributed by atoms with E-state index in [1.54, 1.807) is 6.08 Å². The zero-order valence-corrected chi connectivity index (χ0v) is 9.33. The van der Waals surface area contributed by atoms with E-state index in [1.807, 2.05) is 30.3 Å². The van der Waals surface area contributed by atoms with Gasteiger partial charge in [0.05, 0.1) is 13.5 Å². The smallest absolute Gasteiger partial charge is 0.309 e. The molecular formula is C12H13ClO2. The molecule has 0 bridgehead atoms. The predicted octanol–water partition coefficient (Wildman–Crippen LogP) is 3.00. The molecule has 1 rings (SSSR count). The molecule has 0 fully saturated rings. The third kappa shape index (κ3) is 4.66. The van der Waals surface area contributed by atoms with Crippen LogP contribution in [0.25, 0.3) is 0 Å². The number of halogens is 1. The van der Waals surface area contributed by atoms with Crippen molar-refractivity contribution in [1.29, 1.82) is 0 Å². The molecule has 2 nitrogen and oxygen atoms in total. The van der Waals surface area contributed by atoms with E-state index in [1.165, 1.54) is 12.7 Å². The van der Waals surface area contributed by atoms with Crippen LogP contribution in [0.4, 0.5) is 0 Å². The van der Waals surface area contributed by atoms with Crippen LogP contribution in [0.15, 0.2) is 36.4 Å². The first-order valence-electron chi connectivity index (χ1n) is 4.68. The molecule has 0 saturated carbocycles. The number of carbonyl (C=O) groups excluding carboxylic acids is 1. The van der Waals surface area contributed by atoms with Crippen LogP contribution in [-0.2, 0) is 16.0 Å². The maximum absolute atomic E-state index is 10.8. The quantitative estimate of drug-likeness (QED) is 0.581. The van der Waals surface area contributed by atoms with E-state index in [0.29, 0.717) is 6.42 Å². The van der Waals surface area contributed by atoms with Crippen molar-refractivity contribution in [3.05, 3.63) is 47.0 Å². The maximum atomic E-state index is 10.8. The summed E-state index contributed by atoms with van der Waals surface area (Å²) in [4.78, 5) is 10.8. The summed E-state index contributed by atoms with van der Waals surface area (Å²) in [5, 5.41) is 0.734. The number of benzene rings is 1.